The van der Waals surface area contributed by atoms with E-state index in [4.69, 9.17) is 0 Å². The van der Waals surface area contributed by atoms with E-state index >= 15 is 0 Å². The van der Waals surface area contributed by atoms with E-state index in [1.165, 1.54) is 42.7 Å². The molecular formula is C14H25N3S. The summed E-state index contributed by atoms with van der Waals surface area (Å²) < 4.78 is 4.16. The Morgan fingerprint density at radius 1 is 1.33 bits per heavy atom. The normalized spacial score (nSPS) is 26.2. The molecule has 0 amide bonds. The van der Waals surface area contributed by atoms with Gasteiger partial charge in [0.2, 0.25) is 0 Å². The van der Waals surface area contributed by atoms with Gasteiger partial charge in [-0.25, -0.2) is 0 Å². The molecule has 1 aliphatic rings. The van der Waals surface area contributed by atoms with E-state index < -0.39 is 0 Å². The van der Waals surface area contributed by atoms with Gasteiger partial charge in [-0.2, -0.15) is 0 Å². The molecular weight excluding hydrogens is 242 g/mol. The summed E-state index contributed by atoms with van der Waals surface area (Å²) in [5, 5.41) is 7.82. The monoisotopic (exact) mass is 267 g/mol. The zero-order chi connectivity index (χ0) is 13.0. The second-order valence-electron chi connectivity index (χ2n) is 5.32. The second kappa shape index (κ2) is 6.62. The summed E-state index contributed by atoms with van der Waals surface area (Å²) >= 11 is 1.59. The summed E-state index contributed by atoms with van der Waals surface area (Å²) in [5.41, 5.74) is 1.19. The van der Waals surface area contributed by atoms with Crippen molar-refractivity contribution in [3.63, 3.8) is 0 Å². The molecule has 1 aromatic heterocycles. The molecule has 18 heavy (non-hydrogen) atoms. The predicted molar refractivity (Wildman–Crippen MR) is 76.8 cm³/mol. The predicted octanol–water partition coefficient (Wildman–Crippen LogP) is 3.58. The molecule has 1 heterocycles. The van der Waals surface area contributed by atoms with Crippen molar-refractivity contribution in [2.24, 2.45) is 11.8 Å². The molecule has 0 radical (unpaired) electrons. The lowest BCUT2D eigenvalue weighted by Crippen LogP contribution is -2.32. The quantitative estimate of drug-likeness (QED) is 0.886. The number of aromatic nitrogens is 2. The van der Waals surface area contributed by atoms with Crippen molar-refractivity contribution in [1.29, 1.82) is 0 Å². The Hall–Kier alpha value is -0.480. The summed E-state index contributed by atoms with van der Waals surface area (Å²) in [4.78, 5) is 1.38. The van der Waals surface area contributed by atoms with Crippen molar-refractivity contribution in [2.45, 2.75) is 58.4 Å². The smallest absolute Gasteiger partial charge is 0.0801 e. The van der Waals surface area contributed by atoms with Gasteiger partial charge in [0, 0.05) is 6.04 Å². The van der Waals surface area contributed by atoms with E-state index in [0.29, 0.717) is 6.04 Å². The third-order valence-corrected chi connectivity index (χ3v) is 5.28. The molecule has 1 N–H and O–H groups in total. The first-order chi connectivity index (χ1) is 8.81. The van der Waals surface area contributed by atoms with Gasteiger partial charge in [-0.1, -0.05) is 44.0 Å². The standard InChI is InChI=1S/C14H25N3S/c1-4-10-8-6-7-9-11(10)13(15-3)14-12(5-2)16-17-18-14/h10-11,13,15H,4-9H2,1-3H3. The Morgan fingerprint density at radius 3 is 2.78 bits per heavy atom. The molecule has 1 aliphatic carbocycles. The Kier molecular flexibility index (Phi) is 5.13. The van der Waals surface area contributed by atoms with Gasteiger partial charge in [0.15, 0.2) is 0 Å². The fraction of sp³-hybridized carbons (Fsp3) is 0.857. The van der Waals surface area contributed by atoms with E-state index in [0.717, 1.165) is 18.3 Å². The molecule has 1 saturated carbocycles. The number of hydrogen-bond donors (Lipinski definition) is 1. The molecule has 0 saturated heterocycles. The lowest BCUT2D eigenvalue weighted by molar-refractivity contribution is 0.181. The molecule has 4 heteroatoms. The highest BCUT2D eigenvalue weighted by molar-refractivity contribution is 7.05. The van der Waals surface area contributed by atoms with Crippen LogP contribution in [0.3, 0.4) is 0 Å². The molecule has 3 unspecified atom stereocenters. The molecule has 0 bridgehead atoms. The molecule has 1 fully saturated rings. The van der Waals surface area contributed by atoms with Crippen LogP contribution in [0.5, 0.6) is 0 Å². The van der Waals surface area contributed by atoms with E-state index in [-0.39, 0.29) is 0 Å². The minimum Gasteiger partial charge on any atom is -0.312 e. The van der Waals surface area contributed by atoms with Gasteiger partial charge < -0.3 is 5.32 Å². The summed E-state index contributed by atoms with van der Waals surface area (Å²) in [7, 11) is 2.09. The highest BCUT2D eigenvalue weighted by Crippen LogP contribution is 2.41. The number of nitrogens with zero attached hydrogens (tertiary/aromatic N) is 2. The molecule has 102 valence electrons. The van der Waals surface area contributed by atoms with Gasteiger partial charge in [-0.05, 0) is 43.3 Å². The van der Waals surface area contributed by atoms with Crippen molar-refractivity contribution >= 4 is 11.5 Å². The third-order valence-electron chi connectivity index (χ3n) is 4.43. The van der Waals surface area contributed by atoms with Gasteiger partial charge in [0.05, 0.1) is 10.6 Å². The van der Waals surface area contributed by atoms with Crippen LogP contribution >= 0.6 is 11.5 Å². The second-order valence-corrected chi connectivity index (χ2v) is 6.11. The maximum atomic E-state index is 4.28. The Balaban J connectivity index is 2.21. The largest absolute Gasteiger partial charge is 0.312 e. The van der Waals surface area contributed by atoms with Crippen molar-refractivity contribution < 1.29 is 0 Å². The number of rotatable bonds is 5. The summed E-state index contributed by atoms with van der Waals surface area (Å²) in [6.45, 7) is 4.51. The van der Waals surface area contributed by atoms with Gasteiger partial charge in [0.1, 0.15) is 0 Å². The van der Waals surface area contributed by atoms with E-state index in [1.807, 2.05) is 0 Å². The molecule has 3 atom stereocenters. The summed E-state index contributed by atoms with van der Waals surface area (Å²) in [6, 6.07) is 0.463. The minimum absolute atomic E-state index is 0.463. The molecule has 0 spiro atoms. The number of nitrogens with one attached hydrogen (secondary N) is 1. The zero-order valence-electron chi connectivity index (χ0n) is 11.8. The lowest BCUT2D eigenvalue weighted by atomic mass is 9.73. The molecule has 1 aromatic rings. The highest BCUT2D eigenvalue weighted by atomic mass is 32.1. The summed E-state index contributed by atoms with van der Waals surface area (Å²) in [6.07, 6.45) is 7.84. The third kappa shape index (κ3) is 2.75. The van der Waals surface area contributed by atoms with Gasteiger partial charge in [-0.3, -0.25) is 0 Å². The van der Waals surface area contributed by atoms with Crippen LogP contribution in [0.15, 0.2) is 0 Å². The fourth-order valence-corrected chi connectivity index (χ4v) is 4.34. The lowest BCUT2D eigenvalue weighted by Gasteiger charge is -2.36. The van der Waals surface area contributed by atoms with Crippen LogP contribution in [0.1, 0.15) is 62.6 Å². The molecule has 0 aliphatic heterocycles. The number of hydrogen-bond acceptors (Lipinski definition) is 4. The fourth-order valence-electron chi connectivity index (χ4n) is 3.42. The molecule has 3 nitrogen and oxygen atoms in total. The Morgan fingerprint density at radius 2 is 2.11 bits per heavy atom. The molecule has 0 aromatic carbocycles. The first-order valence-electron chi connectivity index (χ1n) is 7.30. The highest BCUT2D eigenvalue weighted by Gasteiger charge is 2.33. The maximum absolute atomic E-state index is 4.28. The van der Waals surface area contributed by atoms with Crippen molar-refractivity contribution in [1.82, 2.24) is 14.9 Å². The summed E-state index contributed by atoms with van der Waals surface area (Å²) in [5.74, 6) is 1.63. The van der Waals surface area contributed by atoms with Crippen LogP contribution in [0.2, 0.25) is 0 Å². The van der Waals surface area contributed by atoms with Crippen LogP contribution in [0.4, 0.5) is 0 Å². The van der Waals surface area contributed by atoms with E-state index in [2.05, 4.69) is 35.8 Å². The van der Waals surface area contributed by atoms with Crippen molar-refractivity contribution in [2.75, 3.05) is 7.05 Å². The average Bonchev–Trinajstić information content (AvgIpc) is 2.88. The van der Waals surface area contributed by atoms with Crippen LogP contribution in [-0.4, -0.2) is 16.6 Å². The van der Waals surface area contributed by atoms with Crippen molar-refractivity contribution in [3.05, 3.63) is 10.6 Å². The maximum Gasteiger partial charge on any atom is 0.0801 e. The molecule has 2 rings (SSSR count). The van der Waals surface area contributed by atoms with Crippen LogP contribution in [0, 0.1) is 11.8 Å². The van der Waals surface area contributed by atoms with Crippen molar-refractivity contribution in [3.8, 4) is 0 Å². The van der Waals surface area contributed by atoms with E-state index in [9.17, 15) is 0 Å². The Labute approximate surface area is 115 Å². The van der Waals surface area contributed by atoms with Crippen LogP contribution in [-0.2, 0) is 6.42 Å². The van der Waals surface area contributed by atoms with Gasteiger partial charge in [0.25, 0.3) is 0 Å². The van der Waals surface area contributed by atoms with E-state index in [1.54, 1.807) is 11.5 Å². The van der Waals surface area contributed by atoms with Gasteiger partial charge >= 0.3 is 0 Å². The number of aryl methyl sites for hydroxylation is 1. The average molecular weight is 267 g/mol. The Bertz CT molecular complexity index is 364. The SMILES string of the molecule is CCc1nnsc1C(NC)C1CCCCC1CC. The first-order valence-corrected chi connectivity index (χ1v) is 8.07. The van der Waals surface area contributed by atoms with Gasteiger partial charge in [-0.15, -0.1) is 5.10 Å². The minimum atomic E-state index is 0.463. The van der Waals surface area contributed by atoms with Crippen LogP contribution in [0.25, 0.3) is 0 Å². The first kappa shape index (κ1) is 13.9. The van der Waals surface area contributed by atoms with Crippen LogP contribution < -0.4 is 5.32 Å². The topological polar surface area (TPSA) is 37.8 Å². The zero-order valence-corrected chi connectivity index (χ0v) is 12.6.